The predicted molar refractivity (Wildman–Crippen MR) is 180 cm³/mol. The van der Waals surface area contributed by atoms with Gasteiger partial charge in [-0.1, -0.05) is 48.5 Å². The highest BCUT2D eigenvalue weighted by Gasteiger charge is 2.49. The summed E-state index contributed by atoms with van der Waals surface area (Å²) in [5, 5.41) is 58.9. The molecule has 2 saturated heterocycles. The van der Waals surface area contributed by atoms with Gasteiger partial charge in [0.15, 0.2) is 24.7 Å². The first-order valence-corrected chi connectivity index (χ1v) is 17.1. The molecule has 0 radical (unpaired) electrons. The lowest BCUT2D eigenvalue weighted by atomic mass is 9.98. The number of fused-ring (bicyclic) bond motifs is 3. The zero-order valence-electron chi connectivity index (χ0n) is 29.0. The Kier molecular flexibility index (Phi) is 13.6. The zero-order chi connectivity index (χ0) is 38.2. The molecule has 2 aromatic carbocycles. The number of esters is 2. The van der Waals surface area contributed by atoms with E-state index in [4.69, 9.17) is 28.4 Å². The molecule has 2 aliphatic heterocycles. The van der Waals surface area contributed by atoms with Crippen molar-refractivity contribution >= 4 is 24.1 Å². The van der Waals surface area contributed by atoms with Crippen molar-refractivity contribution in [2.24, 2.45) is 0 Å². The maximum Gasteiger partial charge on any atom is 0.407 e. The van der Waals surface area contributed by atoms with Crippen LogP contribution in [-0.4, -0.2) is 144 Å². The molecule has 8 N–H and O–H groups in total. The fourth-order valence-corrected chi connectivity index (χ4v) is 6.54. The van der Waals surface area contributed by atoms with Gasteiger partial charge in [0.05, 0.1) is 13.2 Å². The summed E-state index contributed by atoms with van der Waals surface area (Å²) in [6.07, 6.45) is -15.5. The molecule has 1 aliphatic carbocycles. The third-order valence-electron chi connectivity index (χ3n) is 9.07. The first kappa shape index (κ1) is 39.8. The SMILES string of the molecule is CC(=O)O[C@@H]1[C@@H](OCCCNC(=O)OCC2c3ccccc3-c3ccccc32)O[C@H](CNC(=O)N[C@H]2O[C@H](CO)[C@@H](O)[C@H](O)[C@@H]2OC(C)=O)[C@@H](O)[C@@H]1O. The summed E-state index contributed by atoms with van der Waals surface area (Å²) in [7, 11) is 0. The zero-order valence-corrected chi connectivity index (χ0v) is 29.0. The van der Waals surface area contributed by atoms with E-state index >= 15 is 0 Å². The Morgan fingerprint density at radius 1 is 0.755 bits per heavy atom. The maximum absolute atomic E-state index is 12.8. The molecule has 0 saturated carbocycles. The minimum Gasteiger partial charge on any atom is -0.455 e. The van der Waals surface area contributed by atoms with E-state index in [9.17, 15) is 44.7 Å². The number of amides is 3. The number of alkyl carbamates (subject to hydrolysis) is 1. The topological polar surface area (TPSA) is 261 Å². The van der Waals surface area contributed by atoms with Crippen LogP contribution in [0.4, 0.5) is 9.59 Å². The van der Waals surface area contributed by atoms with Crippen LogP contribution in [-0.2, 0) is 38.0 Å². The van der Waals surface area contributed by atoms with Gasteiger partial charge in [0.1, 0.15) is 43.2 Å². The molecule has 3 aliphatic rings. The number of carbonyl (C=O) groups excluding carboxylic acids is 4. The van der Waals surface area contributed by atoms with E-state index in [-0.39, 0.29) is 32.1 Å². The lowest BCUT2D eigenvalue weighted by Crippen LogP contribution is -2.65. The highest BCUT2D eigenvalue weighted by atomic mass is 16.7. The van der Waals surface area contributed by atoms with Crippen LogP contribution >= 0.6 is 0 Å². The van der Waals surface area contributed by atoms with E-state index in [0.29, 0.717) is 0 Å². The van der Waals surface area contributed by atoms with Crippen molar-refractivity contribution in [1.29, 1.82) is 0 Å². The van der Waals surface area contributed by atoms with E-state index in [2.05, 4.69) is 16.0 Å². The molecule has 0 aromatic heterocycles. The number of benzene rings is 2. The van der Waals surface area contributed by atoms with Gasteiger partial charge in [-0.3, -0.25) is 9.59 Å². The van der Waals surface area contributed by atoms with E-state index in [1.807, 2.05) is 48.5 Å². The van der Waals surface area contributed by atoms with Crippen molar-refractivity contribution in [3.8, 4) is 11.1 Å². The summed E-state index contributed by atoms with van der Waals surface area (Å²) in [5.41, 5.74) is 4.36. The number of hydrogen-bond acceptors (Lipinski definition) is 15. The molecule has 0 spiro atoms. The molecule has 53 heavy (non-hydrogen) atoms. The summed E-state index contributed by atoms with van der Waals surface area (Å²) in [6.45, 7) is 1.22. The lowest BCUT2D eigenvalue weighted by Gasteiger charge is -2.42. The first-order chi connectivity index (χ1) is 25.4. The number of hydrogen-bond donors (Lipinski definition) is 8. The number of aliphatic hydroxyl groups excluding tert-OH is 5. The fraction of sp³-hybridized carbons (Fsp3) is 0.543. The van der Waals surface area contributed by atoms with Crippen LogP contribution < -0.4 is 16.0 Å². The molecule has 10 atom stereocenters. The first-order valence-electron chi connectivity index (χ1n) is 17.1. The summed E-state index contributed by atoms with van der Waals surface area (Å²) in [4.78, 5) is 48.7. The Labute approximate surface area is 304 Å². The Hall–Kier alpha value is -4.40. The summed E-state index contributed by atoms with van der Waals surface area (Å²) in [5.74, 6) is -1.73. The number of rotatable bonds is 13. The van der Waals surface area contributed by atoms with Gasteiger partial charge >= 0.3 is 24.1 Å². The number of urea groups is 1. The third kappa shape index (κ3) is 9.59. The van der Waals surface area contributed by atoms with Gasteiger partial charge < -0.3 is 69.9 Å². The number of aliphatic hydroxyl groups is 5. The van der Waals surface area contributed by atoms with Crippen LogP contribution in [0.15, 0.2) is 48.5 Å². The van der Waals surface area contributed by atoms with Gasteiger partial charge in [0, 0.05) is 32.9 Å². The fourth-order valence-electron chi connectivity index (χ4n) is 6.54. The van der Waals surface area contributed by atoms with Gasteiger partial charge in [0.25, 0.3) is 0 Å². The van der Waals surface area contributed by atoms with Gasteiger partial charge in [-0.2, -0.15) is 0 Å². The lowest BCUT2D eigenvalue weighted by molar-refractivity contribution is -0.298. The smallest absolute Gasteiger partial charge is 0.407 e. The van der Waals surface area contributed by atoms with Gasteiger partial charge in [-0.05, 0) is 28.7 Å². The minimum atomic E-state index is -1.71. The van der Waals surface area contributed by atoms with Crippen LogP contribution in [0.25, 0.3) is 11.1 Å². The minimum absolute atomic E-state index is 0.0493. The molecule has 0 bridgehead atoms. The van der Waals surface area contributed by atoms with Crippen LogP contribution in [0.1, 0.15) is 37.3 Å². The molecule has 18 heteroatoms. The van der Waals surface area contributed by atoms with Crippen molar-refractivity contribution in [2.45, 2.75) is 87.5 Å². The molecule has 3 amide bonds. The van der Waals surface area contributed by atoms with Crippen molar-refractivity contribution in [3.63, 3.8) is 0 Å². The van der Waals surface area contributed by atoms with Crippen LogP contribution in [0.2, 0.25) is 0 Å². The molecule has 290 valence electrons. The number of carbonyl (C=O) groups is 4. The van der Waals surface area contributed by atoms with Crippen molar-refractivity contribution < 1.29 is 73.1 Å². The van der Waals surface area contributed by atoms with Crippen LogP contribution in [0.3, 0.4) is 0 Å². The average Bonchev–Trinajstić information content (AvgIpc) is 3.45. The summed E-state index contributed by atoms with van der Waals surface area (Å²) < 4.78 is 32.6. The Bertz CT molecular complexity index is 1550. The Morgan fingerprint density at radius 2 is 1.34 bits per heavy atom. The maximum atomic E-state index is 12.8. The molecule has 5 rings (SSSR count). The molecule has 2 aromatic rings. The largest absolute Gasteiger partial charge is 0.455 e. The van der Waals surface area contributed by atoms with E-state index in [1.165, 1.54) is 0 Å². The standard InChI is InChI=1S/C35H45N3O15/c1-17(40)50-30-28(44)27(43)25(15-39)52-32(30)38-34(46)37-14-24-26(42)29(45)31(51-18(2)41)33(53-24)48-13-7-12-36-35(47)49-16-23-21-10-5-3-8-19(21)20-9-4-6-11-22(20)23/h3-6,8-11,23-33,39,42-45H,7,12-16H2,1-2H3,(H,36,47)(H2,37,38,46)/t24-,25-,26-,27-,28+,29+,30+,31+,32+,33+/m1/s1. The van der Waals surface area contributed by atoms with Crippen LogP contribution in [0.5, 0.6) is 0 Å². The Balaban J connectivity index is 1.09. The monoisotopic (exact) mass is 747 g/mol. The molecular weight excluding hydrogens is 702 g/mol. The second-order valence-electron chi connectivity index (χ2n) is 12.8. The van der Waals surface area contributed by atoms with Crippen molar-refractivity contribution in [1.82, 2.24) is 16.0 Å². The van der Waals surface area contributed by atoms with Crippen LogP contribution in [0, 0.1) is 0 Å². The second-order valence-corrected chi connectivity index (χ2v) is 12.8. The number of ether oxygens (including phenoxy) is 6. The van der Waals surface area contributed by atoms with Crippen molar-refractivity contribution in [3.05, 3.63) is 59.7 Å². The highest BCUT2D eigenvalue weighted by molar-refractivity contribution is 5.79. The van der Waals surface area contributed by atoms with Gasteiger partial charge in [0.2, 0.25) is 0 Å². The molecule has 18 nitrogen and oxygen atoms in total. The van der Waals surface area contributed by atoms with Crippen molar-refractivity contribution in [2.75, 3.05) is 32.9 Å². The summed E-state index contributed by atoms with van der Waals surface area (Å²) in [6, 6.07) is 15.0. The predicted octanol–water partition coefficient (Wildman–Crippen LogP) is -1.02. The number of nitrogens with one attached hydrogen (secondary N) is 3. The second kappa shape index (κ2) is 18.1. The highest BCUT2D eigenvalue weighted by Crippen LogP contribution is 2.44. The van der Waals surface area contributed by atoms with E-state index < -0.39 is 98.6 Å². The summed E-state index contributed by atoms with van der Waals surface area (Å²) >= 11 is 0. The average molecular weight is 748 g/mol. The third-order valence-corrected chi connectivity index (χ3v) is 9.07. The van der Waals surface area contributed by atoms with E-state index in [0.717, 1.165) is 36.1 Å². The molecule has 2 heterocycles. The molecule has 0 unspecified atom stereocenters. The Morgan fingerprint density at radius 3 is 1.96 bits per heavy atom. The molecular formula is C35H45N3O15. The van der Waals surface area contributed by atoms with E-state index in [1.54, 1.807) is 0 Å². The quantitative estimate of drug-likeness (QED) is 0.0693. The molecule has 2 fully saturated rings. The van der Waals surface area contributed by atoms with Gasteiger partial charge in [-0.25, -0.2) is 9.59 Å². The van der Waals surface area contributed by atoms with Gasteiger partial charge in [-0.15, -0.1) is 0 Å². The normalized spacial score (nSPS) is 29.3.